The van der Waals surface area contributed by atoms with Crippen LogP contribution >= 0.6 is 27.5 Å². The zero-order valence-corrected chi connectivity index (χ0v) is 20.8. The van der Waals surface area contributed by atoms with Gasteiger partial charge < -0.3 is 9.64 Å². The number of aryl methyl sites for hydroxylation is 1. The molecular formula is C25H22BrClN4O2. The third-order valence-electron chi connectivity index (χ3n) is 5.14. The maximum atomic E-state index is 13.0. The van der Waals surface area contributed by atoms with Crippen molar-refractivity contribution in [2.24, 2.45) is 5.10 Å². The zero-order chi connectivity index (χ0) is 23.5. The van der Waals surface area contributed by atoms with Crippen LogP contribution in [0.15, 0.2) is 75.0 Å². The minimum absolute atomic E-state index is 0.238. The number of ether oxygens (including phenoxy) is 1. The molecule has 0 fully saturated rings. The largest absolute Gasteiger partial charge is 0.488 e. The van der Waals surface area contributed by atoms with Gasteiger partial charge in [-0.25, -0.2) is 4.98 Å². The number of rotatable bonds is 6. The van der Waals surface area contributed by atoms with Gasteiger partial charge in [0.15, 0.2) is 0 Å². The fourth-order valence-electron chi connectivity index (χ4n) is 3.32. The molecule has 0 amide bonds. The number of halogens is 2. The molecule has 0 atom stereocenters. The predicted molar refractivity (Wildman–Crippen MR) is 138 cm³/mol. The summed E-state index contributed by atoms with van der Waals surface area (Å²) in [7, 11) is 3.92. The van der Waals surface area contributed by atoms with Gasteiger partial charge in [0.25, 0.3) is 5.56 Å². The van der Waals surface area contributed by atoms with E-state index in [-0.39, 0.29) is 5.56 Å². The minimum Gasteiger partial charge on any atom is -0.488 e. The van der Waals surface area contributed by atoms with Crippen molar-refractivity contribution in [3.8, 4) is 5.75 Å². The molecule has 0 unspecified atom stereocenters. The molecule has 0 aliphatic rings. The monoisotopic (exact) mass is 524 g/mol. The normalized spacial score (nSPS) is 11.3. The van der Waals surface area contributed by atoms with Crippen LogP contribution in [0.1, 0.15) is 17.0 Å². The summed E-state index contributed by atoms with van der Waals surface area (Å²) in [5.74, 6) is 1.13. The van der Waals surface area contributed by atoms with Crippen molar-refractivity contribution >= 4 is 50.3 Å². The number of anilines is 1. The molecule has 4 rings (SSSR count). The van der Waals surface area contributed by atoms with Gasteiger partial charge in [0.05, 0.1) is 17.1 Å². The highest BCUT2D eigenvalue weighted by Crippen LogP contribution is 2.26. The van der Waals surface area contributed by atoms with Crippen LogP contribution in [0.4, 0.5) is 5.69 Å². The summed E-state index contributed by atoms with van der Waals surface area (Å²) in [4.78, 5) is 19.5. The molecule has 8 heteroatoms. The second-order valence-electron chi connectivity index (χ2n) is 7.68. The molecule has 0 aliphatic heterocycles. The minimum atomic E-state index is -0.238. The summed E-state index contributed by atoms with van der Waals surface area (Å²) in [6.45, 7) is 2.06. The van der Waals surface area contributed by atoms with Crippen LogP contribution in [-0.4, -0.2) is 30.0 Å². The second-order valence-corrected chi connectivity index (χ2v) is 9.00. The van der Waals surface area contributed by atoms with Gasteiger partial charge in [-0.1, -0.05) is 45.7 Å². The molecule has 1 heterocycles. The van der Waals surface area contributed by atoms with Crippen molar-refractivity contribution in [2.75, 3.05) is 19.0 Å². The molecule has 0 spiro atoms. The summed E-state index contributed by atoms with van der Waals surface area (Å²) in [6, 6.07) is 18.8. The van der Waals surface area contributed by atoms with Gasteiger partial charge in [0, 0.05) is 46.5 Å². The number of fused-ring (bicyclic) bond motifs is 1. The summed E-state index contributed by atoms with van der Waals surface area (Å²) in [5, 5.41) is 5.58. The van der Waals surface area contributed by atoms with Crippen molar-refractivity contribution in [2.45, 2.75) is 13.5 Å². The summed E-state index contributed by atoms with van der Waals surface area (Å²) < 4.78 is 8.22. The maximum absolute atomic E-state index is 13.0. The Kier molecular flexibility index (Phi) is 6.81. The Bertz CT molecular complexity index is 1420. The van der Waals surface area contributed by atoms with Crippen LogP contribution in [0.2, 0.25) is 5.02 Å². The summed E-state index contributed by atoms with van der Waals surface area (Å²) >= 11 is 9.69. The lowest BCUT2D eigenvalue weighted by Gasteiger charge is -2.16. The number of benzene rings is 3. The summed E-state index contributed by atoms with van der Waals surface area (Å²) in [5.41, 5.74) is 2.98. The first-order chi connectivity index (χ1) is 15.8. The van der Waals surface area contributed by atoms with Crippen LogP contribution in [0.5, 0.6) is 5.75 Å². The quantitative estimate of drug-likeness (QED) is 0.305. The number of hydrogen-bond donors (Lipinski definition) is 0. The number of aromatic nitrogens is 2. The van der Waals surface area contributed by atoms with Crippen LogP contribution < -0.4 is 15.2 Å². The van der Waals surface area contributed by atoms with Crippen molar-refractivity contribution in [3.63, 3.8) is 0 Å². The van der Waals surface area contributed by atoms with E-state index in [9.17, 15) is 4.79 Å². The van der Waals surface area contributed by atoms with Crippen molar-refractivity contribution in [1.82, 2.24) is 9.66 Å². The van der Waals surface area contributed by atoms with Gasteiger partial charge >= 0.3 is 0 Å². The Morgan fingerprint density at radius 2 is 1.94 bits per heavy atom. The lowest BCUT2D eigenvalue weighted by Crippen LogP contribution is -2.20. The van der Waals surface area contributed by atoms with E-state index in [0.29, 0.717) is 34.1 Å². The number of nitrogens with zero attached hydrogens (tertiary/aromatic N) is 4. The topological polar surface area (TPSA) is 59.7 Å². The fraction of sp³-hybridized carbons (Fsp3) is 0.160. The van der Waals surface area contributed by atoms with E-state index in [1.54, 1.807) is 19.2 Å². The summed E-state index contributed by atoms with van der Waals surface area (Å²) in [6.07, 6.45) is 1.61. The molecule has 1 aromatic heterocycles. The maximum Gasteiger partial charge on any atom is 0.282 e. The molecule has 6 nitrogen and oxygen atoms in total. The van der Waals surface area contributed by atoms with Gasteiger partial charge in [-0.15, -0.1) is 0 Å². The van der Waals surface area contributed by atoms with Crippen LogP contribution in [0.25, 0.3) is 10.9 Å². The van der Waals surface area contributed by atoms with E-state index in [0.717, 1.165) is 21.3 Å². The molecule has 0 N–H and O–H groups in total. The molecule has 0 radical (unpaired) electrons. The van der Waals surface area contributed by atoms with Crippen molar-refractivity contribution in [3.05, 3.63) is 97.5 Å². The van der Waals surface area contributed by atoms with E-state index in [1.807, 2.05) is 73.6 Å². The van der Waals surface area contributed by atoms with Crippen LogP contribution in [0.3, 0.4) is 0 Å². The molecular weight excluding hydrogens is 504 g/mol. The average molecular weight is 526 g/mol. The van der Waals surface area contributed by atoms with Crippen molar-refractivity contribution < 1.29 is 4.74 Å². The molecule has 0 saturated heterocycles. The predicted octanol–water partition coefficient (Wildman–Crippen LogP) is 5.65. The van der Waals surface area contributed by atoms with Crippen molar-refractivity contribution in [1.29, 1.82) is 0 Å². The van der Waals surface area contributed by atoms with Gasteiger partial charge in [-0.05, 0) is 43.3 Å². The molecule has 168 valence electrons. The van der Waals surface area contributed by atoms with E-state index in [4.69, 9.17) is 16.3 Å². The van der Waals surface area contributed by atoms with Gasteiger partial charge in [0.1, 0.15) is 18.2 Å². The van der Waals surface area contributed by atoms with E-state index in [2.05, 4.69) is 26.0 Å². The van der Waals surface area contributed by atoms with E-state index >= 15 is 0 Å². The van der Waals surface area contributed by atoms with Gasteiger partial charge in [-0.3, -0.25) is 4.79 Å². The highest BCUT2D eigenvalue weighted by molar-refractivity contribution is 9.10. The standard InChI is InChI=1S/C25H22BrClN4O2/c1-16-29-23-11-9-19(26)12-21(23)25(32)31(16)28-14-17-8-10-20(30(2)3)13-24(17)33-15-18-6-4-5-7-22(18)27/h4-14H,15H2,1-3H3. The highest BCUT2D eigenvalue weighted by atomic mass is 79.9. The second kappa shape index (κ2) is 9.77. The SMILES string of the molecule is Cc1nc2ccc(Br)cc2c(=O)n1N=Cc1ccc(N(C)C)cc1OCc1ccccc1Cl. The Morgan fingerprint density at radius 1 is 1.15 bits per heavy atom. The third-order valence-corrected chi connectivity index (χ3v) is 6.00. The van der Waals surface area contributed by atoms with E-state index < -0.39 is 0 Å². The molecule has 33 heavy (non-hydrogen) atoms. The lowest BCUT2D eigenvalue weighted by atomic mass is 10.2. The Hall–Kier alpha value is -3.16. The molecule has 0 aliphatic carbocycles. The van der Waals surface area contributed by atoms with Crippen LogP contribution in [0, 0.1) is 6.92 Å². The first-order valence-electron chi connectivity index (χ1n) is 10.2. The number of hydrogen-bond acceptors (Lipinski definition) is 5. The molecule has 3 aromatic carbocycles. The zero-order valence-electron chi connectivity index (χ0n) is 18.4. The third kappa shape index (κ3) is 5.10. The molecule has 4 aromatic rings. The Balaban J connectivity index is 1.71. The van der Waals surface area contributed by atoms with Crippen LogP contribution in [-0.2, 0) is 6.61 Å². The highest BCUT2D eigenvalue weighted by Gasteiger charge is 2.10. The smallest absolute Gasteiger partial charge is 0.282 e. The first-order valence-corrected chi connectivity index (χ1v) is 11.4. The Labute approximate surface area is 205 Å². The fourth-order valence-corrected chi connectivity index (χ4v) is 3.87. The molecule has 0 saturated carbocycles. The Morgan fingerprint density at radius 3 is 2.70 bits per heavy atom. The van der Waals surface area contributed by atoms with Gasteiger partial charge in [0.2, 0.25) is 0 Å². The first kappa shape index (κ1) is 23.0. The van der Waals surface area contributed by atoms with Gasteiger partial charge in [-0.2, -0.15) is 9.78 Å². The molecule has 0 bridgehead atoms. The average Bonchev–Trinajstić information content (AvgIpc) is 2.79. The van der Waals surface area contributed by atoms with E-state index in [1.165, 1.54) is 4.68 Å². The lowest BCUT2D eigenvalue weighted by molar-refractivity contribution is 0.306.